The molecule has 0 saturated carbocycles. The summed E-state index contributed by atoms with van der Waals surface area (Å²) in [5.74, 6) is -0.00670. The average Bonchev–Trinajstić information content (AvgIpc) is 2.47. The molecule has 112 valence electrons. The molecular weight excluding hydrogens is 276 g/mol. The molecule has 0 bridgehead atoms. The van der Waals surface area contributed by atoms with Gasteiger partial charge in [-0.15, -0.1) is 12.4 Å². The van der Waals surface area contributed by atoms with Crippen LogP contribution in [0.5, 0.6) is 0 Å². The summed E-state index contributed by atoms with van der Waals surface area (Å²) in [5.41, 5.74) is 1.30. The monoisotopic (exact) mass is 298 g/mol. The fraction of sp³-hybridized carbons (Fsp3) is 0.533. The molecule has 0 aromatic heterocycles. The van der Waals surface area contributed by atoms with E-state index in [1.807, 2.05) is 25.1 Å². The average molecular weight is 299 g/mol. The molecule has 1 saturated heterocycles. The van der Waals surface area contributed by atoms with Crippen LogP contribution in [0.1, 0.15) is 18.9 Å². The zero-order valence-electron chi connectivity index (χ0n) is 11.8. The first-order valence-corrected chi connectivity index (χ1v) is 6.92. The van der Waals surface area contributed by atoms with Crippen molar-refractivity contribution in [2.45, 2.75) is 31.9 Å². The molecule has 0 aliphatic carbocycles. The SMILES string of the molecule is CC(CCc1ccccc1)NC(=O)C1CNCCO1.Cl. The molecule has 1 aromatic carbocycles. The van der Waals surface area contributed by atoms with Gasteiger partial charge in [0.25, 0.3) is 5.91 Å². The van der Waals surface area contributed by atoms with Crippen LogP contribution in [0.15, 0.2) is 30.3 Å². The number of benzene rings is 1. The normalized spacial score (nSPS) is 19.8. The molecule has 1 aliphatic heterocycles. The van der Waals surface area contributed by atoms with Crippen LogP contribution >= 0.6 is 12.4 Å². The molecule has 2 unspecified atom stereocenters. The molecule has 20 heavy (non-hydrogen) atoms. The molecule has 2 rings (SSSR count). The summed E-state index contributed by atoms with van der Waals surface area (Å²) in [6, 6.07) is 10.5. The van der Waals surface area contributed by atoms with Crippen LogP contribution in [0, 0.1) is 0 Å². The number of nitrogens with one attached hydrogen (secondary N) is 2. The molecule has 1 aliphatic rings. The van der Waals surface area contributed by atoms with Crippen LogP contribution < -0.4 is 10.6 Å². The third kappa shape index (κ3) is 5.49. The van der Waals surface area contributed by atoms with Gasteiger partial charge in [-0.05, 0) is 25.3 Å². The van der Waals surface area contributed by atoms with Crippen molar-refractivity contribution in [1.82, 2.24) is 10.6 Å². The Bertz CT molecular complexity index is 394. The van der Waals surface area contributed by atoms with E-state index >= 15 is 0 Å². The topological polar surface area (TPSA) is 50.4 Å². The molecular formula is C15H23ClN2O2. The second-order valence-corrected chi connectivity index (χ2v) is 5.00. The van der Waals surface area contributed by atoms with E-state index in [2.05, 4.69) is 22.8 Å². The predicted molar refractivity (Wildman–Crippen MR) is 82.2 cm³/mol. The Balaban J connectivity index is 0.00000200. The van der Waals surface area contributed by atoms with Gasteiger partial charge in [0.05, 0.1) is 6.61 Å². The molecule has 1 heterocycles. The Morgan fingerprint density at radius 2 is 2.20 bits per heavy atom. The van der Waals surface area contributed by atoms with Crippen LogP contribution in [0.25, 0.3) is 0 Å². The van der Waals surface area contributed by atoms with Crippen molar-refractivity contribution in [3.63, 3.8) is 0 Å². The number of carbonyl (C=O) groups excluding carboxylic acids is 1. The zero-order chi connectivity index (χ0) is 13.5. The lowest BCUT2D eigenvalue weighted by molar-refractivity contribution is -0.134. The number of rotatable bonds is 5. The highest BCUT2D eigenvalue weighted by molar-refractivity contribution is 5.85. The molecule has 5 heteroatoms. The number of carbonyl (C=O) groups is 1. The smallest absolute Gasteiger partial charge is 0.250 e. The Kier molecular flexibility index (Phi) is 7.59. The van der Waals surface area contributed by atoms with Gasteiger partial charge in [-0.1, -0.05) is 30.3 Å². The van der Waals surface area contributed by atoms with Gasteiger partial charge in [0, 0.05) is 19.1 Å². The number of aryl methyl sites for hydroxylation is 1. The van der Waals surface area contributed by atoms with Gasteiger partial charge in [0.2, 0.25) is 0 Å². The van der Waals surface area contributed by atoms with Crippen molar-refractivity contribution < 1.29 is 9.53 Å². The van der Waals surface area contributed by atoms with Gasteiger partial charge >= 0.3 is 0 Å². The van der Waals surface area contributed by atoms with Crippen LogP contribution in [0.3, 0.4) is 0 Å². The van der Waals surface area contributed by atoms with Gasteiger partial charge in [-0.2, -0.15) is 0 Å². The van der Waals surface area contributed by atoms with E-state index in [4.69, 9.17) is 4.74 Å². The predicted octanol–water partition coefficient (Wildman–Crippen LogP) is 1.53. The first-order chi connectivity index (χ1) is 9.25. The van der Waals surface area contributed by atoms with E-state index in [0.29, 0.717) is 13.2 Å². The molecule has 4 nitrogen and oxygen atoms in total. The van der Waals surface area contributed by atoms with E-state index in [-0.39, 0.29) is 30.5 Å². The van der Waals surface area contributed by atoms with E-state index < -0.39 is 0 Å². The zero-order valence-corrected chi connectivity index (χ0v) is 12.6. The van der Waals surface area contributed by atoms with Gasteiger partial charge in [-0.25, -0.2) is 0 Å². The largest absolute Gasteiger partial charge is 0.366 e. The molecule has 2 N–H and O–H groups in total. The molecule has 1 aromatic rings. The Morgan fingerprint density at radius 1 is 1.45 bits per heavy atom. The highest BCUT2D eigenvalue weighted by Crippen LogP contribution is 2.05. The fourth-order valence-electron chi connectivity index (χ4n) is 2.17. The highest BCUT2D eigenvalue weighted by Gasteiger charge is 2.22. The van der Waals surface area contributed by atoms with Crippen LogP contribution in [0.2, 0.25) is 0 Å². The standard InChI is InChI=1S/C15H22N2O2.ClH/c1-12(7-8-13-5-3-2-4-6-13)17-15(18)14-11-16-9-10-19-14;/h2-6,12,14,16H,7-11H2,1H3,(H,17,18);1H. The number of hydrogen-bond donors (Lipinski definition) is 2. The molecule has 2 atom stereocenters. The molecule has 0 radical (unpaired) electrons. The summed E-state index contributed by atoms with van der Waals surface area (Å²) in [6.45, 7) is 4.08. The number of hydrogen-bond acceptors (Lipinski definition) is 3. The quantitative estimate of drug-likeness (QED) is 0.867. The van der Waals surface area contributed by atoms with Crippen LogP contribution in [-0.4, -0.2) is 37.7 Å². The lowest BCUT2D eigenvalue weighted by atomic mass is 10.1. The van der Waals surface area contributed by atoms with Crippen molar-refractivity contribution in [3.8, 4) is 0 Å². The summed E-state index contributed by atoms with van der Waals surface area (Å²) in [4.78, 5) is 11.9. The third-order valence-electron chi connectivity index (χ3n) is 3.32. The number of amides is 1. The minimum Gasteiger partial charge on any atom is -0.366 e. The Labute approximate surface area is 126 Å². The Hall–Kier alpha value is -1.10. The lowest BCUT2D eigenvalue weighted by Crippen LogP contribution is -2.49. The summed E-state index contributed by atoms with van der Waals surface area (Å²) in [6.07, 6.45) is 1.58. The van der Waals surface area contributed by atoms with Crippen molar-refractivity contribution in [3.05, 3.63) is 35.9 Å². The van der Waals surface area contributed by atoms with Gasteiger partial charge < -0.3 is 15.4 Å². The summed E-state index contributed by atoms with van der Waals surface area (Å²) in [5, 5.41) is 6.18. The molecule has 1 fully saturated rings. The van der Waals surface area contributed by atoms with Crippen molar-refractivity contribution >= 4 is 18.3 Å². The Morgan fingerprint density at radius 3 is 2.85 bits per heavy atom. The van der Waals surface area contributed by atoms with Gasteiger partial charge in [-0.3, -0.25) is 4.79 Å². The second kappa shape index (κ2) is 8.95. The molecule has 1 amide bonds. The van der Waals surface area contributed by atoms with Gasteiger partial charge in [0.1, 0.15) is 6.10 Å². The van der Waals surface area contributed by atoms with E-state index in [1.54, 1.807) is 0 Å². The minimum absolute atomic E-state index is 0. The van der Waals surface area contributed by atoms with E-state index in [1.165, 1.54) is 5.56 Å². The first kappa shape index (κ1) is 17.0. The maximum absolute atomic E-state index is 11.9. The maximum atomic E-state index is 11.9. The van der Waals surface area contributed by atoms with Crippen molar-refractivity contribution in [2.75, 3.05) is 19.7 Å². The van der Waals surface area contributed by atoms with E-state index in [0.717, 1.165) is 19.4 Å². The van der Waals surface area contributed by atoms with Crippen molar-refractivity contribution in [1.29, 1.82) is 0 Å². The minimum atomic E-state index is -0.340. The highest BCUT2D eigenvalue weighted by atomic mass is 35.5. The summed E-state index contributed by atoms with van der Waals surface area (Å²) >= 11 is 0. The summed E-state index contributed by atoms with van der Waals surface area (Å²) in [7, 11) is 0. The van der Waals surface area contributed by atoms with Gasteiger partial charge in [0.15, 0.2) is 0 Å². The van der Waals surface area contributed by atoms with Crippen LogP contribution in [-0.2, 0) is 16.0 Å². The van der Waals surface area contributed by atoms with E-state index in [9.17, 15) is 4.79 Å². The second-order valence-electron chi connectivity index (χ2n) is 5.00. The third-order valence-corrected chi connectivity index (χ3v) is 3.32. The molecule has 0 spiro atoms. The van der Waals surface area contributed by atoms with Crippen LogP contribution in [0.4, 0.5) is 0 Å². The number of halogens is 1. The number of ether oxygens (including phenoxy) is 1. The number of morpholine rings is 1. The van der Waals surface area contributed by atoms with Crippen molar-refractivity contribution in [2.24, 2.45) is 0 Å². The fourth-order valence-corrected chi connectivity index (χ4v) is 2.17. The maximum Gasteiger partial charge on any atom is 0.250 e. The lowest BCUT2D eigenvalue weighted by Gasteiger charge is -2.24. The first-order valence-electron chi connectivity index (χ1n) is 6.92. The summed E-state index contributed by atoms with van der Waals surface area (Å²) < 4.78 is 5.43.